The van der Waals surface area contributed by atoms with Gasteiger partial charge in [-0.2, -0.15) is 0 Å². The summed E-state index contributed by atoms with van der Waals surface area (Å²) >= 11 is -0.187. The fourth-order valence-electron chi connectivity index (χ4n) is 3.78. The van der Waals surface area contributed by atoms with Gasteiger partial charge in [-0.3, -0.25) is 0 Å². The number of aromatic nitrogens is 1. The molecule has 0 unspecified atom stereocenters. The molecule has 0 saturated carbocycles. The SMILES string of the molecule is CC(=O)OCCOc1cc2c(cc1[Se]c1ccc(C(=O)[O-])cn1)C(C)(C)CCC2(C)C. The van der Waals surface area contributed by atoms with Crippen LogP contribution in [0.15, 0.2) is 30.5 Å². The van der Waals surface area contributed by atoms with Crippen LogP contribution in [0.5, 0.6) is 5.75 Å². The van der Waals surface area contributed by atoms with E-state index in [1.54, 1.807) is 6.07 Å². The number of fused-ring (bicyclic) bond motifs is 1. The van der Waals surface area contributed by atoms with Gasteiger partial charge in [-0.1, -0.05) is 0 Å². The number of carbonyl (C=O) groups is 2. The van der Waals surface area contributed by atoms with Crippen LogP contribution in [-0.4, -0.2) is 45.1 Å². The van der Waals surface area contributed by atoms with Crippen molar-refractivity contribution in [1.82, 2.24) is 4.98 Å². The van der Waals surface area contributed by atoms with Gasteiger partial charge in [0, 0.05) is 0 Å². The summed E-state index contributed by atoms with van der Waals surface area (Å²) in [6.07, 6.45) is 3.53. The summed E-state index contributed by atoms with van der Waals surface area (Å²) in [5, 5.41) is 11.0. The summed E-state index contributed by atoms with van der Waals surface area (Å²) in [5.74, 6) is -0.806. The van der Waals surface area contributed by atoms with Crippen LogP contribution in [0.2, 0.25) is 0 Å². The molecule has 1 aromatic heterocycles. The van der Waals surface area contributed by atoms with Crippen molar-refractivity contribution in [2.75, 3.05) is 13.2 Å². The zero-order chi connectivity index (χ0) is 22.8. The summed E-state index contributed by atoms with van der Waals surface area (Å²) in [6.45, 7) is 10.9. The van der Waals surface area contributed by atoms with Crippen molar-refractivity contribution in [1.29, 1.82) is 0 Å². The van der Waals surface area contributed by atoms with E-state index in [4.69, 9.17) is 9.47 Å². The third-order valence-electron chi connectivity index (χ3n) is 5.75. The van der Waals surface area contributed by atoms with Gasteiger partial charge in [-0.15, -0.1) is 0 Å². The quantitative estimate of drug-likeness (QED) is 0.332. The topological polar surface area (TPSA) is 88.5 Å². The molecule has 1 aliphatic carbocycles. The van der Waals surface area contributed by atoms with Crippen molar-refractivity contribution in [2.45, 2.75) is 58.3 Å². The van der Waals surface area contributed by atoms with E-state index >= 15 is 0 Å². The Balaban J connectivity index is 1.98. The van der Waals surface area contributed by atoms with Gasteiger partial charge >= 0.3 is 190 Å². The third kappa shape index (κ3) is 5.46. The van der Waals surface area contributed by atoms with E-state index in [1.165, 1.54) is 30.3 Å². The first-order chi connectivity index (χ1) is 14.5. The number of pyridine rings is 1. The van der Waals surface area contributed by atoms with Gasteiger partial charge in [0.1, 0.15) is 0 Å². The van der Waals surface area contributed by atoms with Crippen molar-refractivity contribution >= 4 is 35.9 Å². The summed E-state index contributed by atoms with van der Waals surface area (Å²) < 4.78 is 12.9. The van der Waals surface area contributed by atoms with Crippen LogP contribution in [0.1, 0.15) is 68.9 Å². The summed E-state index contributed by atoms with van der Waals surface area (Å²) in [4.78, 5) is 26.4. The minimum atomic E-state index is -1.24. The van der Waals surface area contributed by atoms with Gasteiger partial charge in [0.25, 0.3) is 0 Å². The van der Waals surface area contributed by atoms with Crippen LogP contribution < -0.4 is 18.9 Å². The Morgan fingerprint density at radius 3 is 2.26 bits per heavy atom. The number of carboxylic acids is 1. The molecule has 1 aliphatic rings. The van der Waals surface area contributed by atoms with E-state index in [0.717, 1.165) is 27.6 Å². The number of carboxylic acid groups (broad SMARTS) is 1. The fourth-order valence-corrected chi connectivity index (χ4v) is 5.59. The number of rotatable bonds is 7. The van der Waals surface area contributed by atoms with Crippen molar-refractivity contribution in [3.8, 4) is 5.75 Å². The van der Waals surface area contributed by atoms with Gasteiger partial charge in [-0.25, -0.2) is 0 Å². The van der Waals surface area contributed by atoms with Crippen molar-refractivity contribution in [3.05, 3.63) is 47.2 Å². The van der Waals surface area contributed by atoms with Crippen molar-refractivity contribution in [2.24, 2.45) is 0 Å². The van der Waals surface area contributed by atoms with Crippen molar-refractivity contribution < 1.29 is 24.2 Å². The molecule has 3 rings (SSSR count). The molecule has 1 heterocycles. The predicted molar refractivity (Wildman–Crippen MR) is 117 cm³/mol. The molecule has 2 aromatic rings. The first kappa shape index (κ1) is 23.3. The van der Waals surface area contributed by atoms with Gasteiger partial charge in [-0.05, 0) is 0 Å². The predicted octanol–water partition coefficient (Wildman–Crippen LogP) is 1.39. The number of aromatic carboxylic acids is 1. The Kier molecular flexibility index (Phi) is 6.77. The Morgan fingerprint density at radius 2 is 1.71 bits per heavy atom. The monoisotopic (exact) mass is 490 g/mol. The van der Waals surface area contributed by atoms with E-state index in [9.17, 15) is 14.7 Å². The second-order valence-electron chi connectivity index (χ2n) is 9.08. The molecule has 0 aliphatic heterocycles. The second kappa shape index (κ2) is 9.01. The molecule has 0 saturated heterocycles. The normalized spacial score (nSPS) is 16.3. The fraction of sp³-hybridized carbons (Fsp3) is 0.458. The molecule has 1 aromatic carbocycles. The number of hydrogen-bond donors (Lipinski definition) is 0. The molecule has 0 fully saturated rings. The first-order valence-corrected chi connectivity index (χ1v) is 12.0. The van der Waals surface area contributed by atoms with Crippen LogP contribution in [0.3, 0.4) is 0 Å². The van der Waals surface area contributed by atoms with Crippen LogP contribution in [0, 0.1) is 0 Å². The zero-order valence-corrected chi connectivity index (χ0v) is 20.3. The van der Waals surface area contributed by atoms with E-state index in [-0.39, 0.29) is 50.5 Å². The maximum absolute atomic E-state index is 11.1. The average molecular weight is 489 g/mol. The Bertz CT molecular complexity index is 982. The number of hydrogen-bond acceptors (Lipinski definition) is 6. The maximum atomic E-state index is 11.1. The molecule has 166 valence electrons. The van der Waals surface area contributed by atoms with Crippen LogP contribution >= 0.6 is 0 Å². The van der Waals surface area contributed by atoms with Crippen LogP contribution in [-0.2, 0) is 20.4 Å². The molecule has 6 nitrogen and oxygen atoms in total. The van der Waals surface area contributed by atoms with Crippen LogP contribution in [0.25, 0.3) is 0 Å². The van der Waals surface area contributed by atoms with E-state index in [0.29, 0.717) is 0 Å². The van der Waals surface area contributed by atoms with Gasteiger partial charge in [0.05, 0.1) is 0 Å². The minimum absolute atomic E-state index is 0.0404. The molecule has 0 bridgehead atoms. The zero-order valence-electron chi connectivity index (χ0n) is 18.6. The van der Waals surface area contributed by atoms with Crippen LogP contribution in [0.4, 0.5) is 0 Å². The Morgan fingerprint density at radius 1 is 1.06 bits per heavy atom. The number of esters is 1. The number of benzene rings is 1. The Labute approximate surface area is 189 Å². The molecule has 0 spiro atoms. The molecule has 0 atom stereocenters. The van der Waals surface area contributed by atoms with E-state index < -0.39 is 5.97 Å². The van der Waals surface area contributed by atoms with Crippen molar-refractivity contribution in [3.63, 3.8) is 0 Å². The third-order valence-corrected chi connectivity index (χ3v) is 7.83. The first-order valence-electron chi connectivity index (χ1n) is 10.3. The summed E-state index contributed by atoms with van der Waals surface area (Å²) in [6, 6.07) is 7.61. The second-order valence-corrected chi connectivity index (χ2v) is 11.3. The molecular weight excluding hydrogens is 461 g/mol. The summed E-state index contributed by atoms with van der Waals surface area (Å²) in [7, 11) is 0. The van der Waals surface area contributed by atoms with Gasteiger partial charge in [0.2, 0.25) is 0 Å². The molecule has 31 heavy (non-hydrogen) atoms. The van der Waals surface area contributed by atoms with E-state index in [2.05, 4.69) is 44.8 Å². The number of nitrogens with zero attached hydrogens (tertiary/aromatic N) is 1. The molecule has 7 heteroatoms. The van der Waals surface area contributed by atoms with E-state index in [1.807, 2.05) is 0 Å². The molecule has 0 radical (unpaired) electrons. The Hall–Kier alpha value is -2.37. The molecule has 0 amide bonds. The standard InChI is InChI=1S/C24H29NO5Se/c1-15(26)29-10-11-30-19-12-17-18(24(4,5)9-8-23(17,2)3)13-20(19)31-21-7-6-16(14-25-21)22(27)28/h6-7,12-14H,8-11H2,1-5H3,(H,27,28)/p-1. The molecular formula is C24H28NO5Se-. The number of ether oxygens (including phenoxy) is 2. The van der Waals surface area contributed by atoms with Gasteiger partial charge < -0.3 is 0 Å². The van der Waals surface area contributed by atoms with Gasteiger partial charge in [0.15, 0.2) is 0 Å². The number of carbonyl (C=O) groups excluding carboxylic acids is 2. The average Bonchev–Trinajstić information content (AvgIpc) is 2.69. The summed E-state index contributed by atoms with van der Waals surface area (Å²) in [5.41, 5.74) is 2.76. The molecule has 0 N–H and O–H groups in total.